The van der Waals surface area contributed by atoms with Crippen LogP contribution in [0.25, 0.3) is 0 Å². The highest BCUT2D eigenvalue weighted by atomic mass is 32.2. The normalized spacial score (nSPS) is 17.2. The van der Waals surface area contributed by atoms with E-state index in [9.17, 15) is 18.0 Å². The van der Waals surface area contributed by atoms with E-state index in [4.69, 9.17) is 0 Å². The van der Waals surface area contributed by atoms with Crippen LogP contribution in [0.15, 0.2) is 59.5 Å². The third kappa shape index (κ3) is 4.80. The lowest BCUT2D eigenvalue weighted by molar-refractivity contribution is -0.123. The Morgan fingerprint density at radius 1 is 1.10 bits per heavy atom. The van der Waals surface area contributed by atoms with Crippen molar-refractivity contribution in [3.05, 3.63) is 54.6 Å². The molecule has 1 N–H and O–H groups in total. The van der Waals surface area contributed by atoms with E-state index in [2.05, 4.69) is 10.1 Å². The third-order valence-corrected chi connectivity index (χ3v) is 7.01. The molecule has 8 nitrogen and oxygen atoms in total. The van der Waals surface area contributed by atoms with Gasteiger partial charge < -0.3 is 9.64 Å². The Morgan fingerprint density at radius 2 is 1.77 bits per heavy atom. The van der Waals surface area contributed by atoms with Gasteiger partial charge in [0.25, 0.3) is 0 Å². The topological polar surface area (TPSA) is 96.0 Å². The van der Waals surface area contributed by atoms with Crippen LogP contribution in [0, 0.1) is 5.92 Å². The first-order valence-electron chi connectivity index (χ1n) is 9.60. The second-order valence-electron chi connectivity index (χ2n) is 7.08. The maximum atomic E-state index is 13.1. The minimum absolute atomic E-state index is 0.0984. The number of piperidine rings is 1. The molecule has 2 amide bonds. The van der Waals surface area contributed by atoms with Crippen molar-refractivity contribution in [2.45, 2.75) is 17.7 Å². The smallest absolute Gasteiger partial charge is 0.411 e. The molecule has 0 bridgehead atoms. The lowest BCUT2D eigenvalue weighted by atomic mass is 9.98. The van der Waals surface area contributed by atoms with Gasteiger partial charge in [-0.15, -0.1) is 0 Å². The maximum absolute atomic E-state index is 13.1. The molecule has 0 aromatic heterocycles. The fourth-order valence-electron chi connectivity index (χ4n) is 3.44. The quantitative estimate of drug-likeness (QED) is 0.785. The number of benzene rings is 2. The van der Waals surface area contributed by atoms with E-state index >= 15 is 0 Å². The van der Waals surface area contributed by atoms with Crippen LogP contribution in [0.3, 0.4) is 0 Å². The molecule has 0 spiro atoms. The lowest BCUT2D eigenvalue weighted by Gasteiger charge is -2.33. The summed E-state index contributed by atoms with van der Waals surface area (Å²) in [6.45, 7) is 0.504. The molecule has 1 aliphatic rings. The Labute approximate surface area is 176 Å². The first kappa shape index (κ1) is 21.8. The summed E-state index contributed by atoms with van der Waals surface area (Å²) < 4.78 is 32.0. The fourth-order valence-corrected chi connectivity index (χ4v) is 4.97. The SMILES string of the molecule is COC(=O)Nc1ccc(S(=O)(=O)N2CCC[C@@H](C(=O)N(C)c3ccccc3)C2)cc1. The molecule has 30 heavy (non-hydrogen) atoms. The molecule has 9 heteroatoms. The summed E-state index contributed by atoms with van der Waals surface area (Å²) in [6, 6.07) is 15.1. The number of carbonyl (C=O) groups excluding carboxylic acids is 2. The number of nitrogens with zero attached hydrogens (tertiary/aromatic N) is 2. The van der Waals surface area contributed by atoms with Crippen LogP contribution in [-0.2, 0) is 19.6 Å². The number of amides is 2. The molecule has 1 atom stereocenters. The number of hydrogen-bond donors (Lipinski definition) is 1. The van der Waals surface area contributed by atoms with Gasteiger partial charge in [0.2, 0.25) is 15.9 Å². The molecule has 0 aliphatic carbocycles. The van der Waals surface area contributed by atoms with Gasteiger partial charge in [0.15, 0.2) is 0 Å². The van der Waals surface area contributed by atoms with Crippen LogP contribution in [0.4, 0.5) is 16.2 Å². The van der Waals surface area contributed by atoms with Crippen molar-refractivity contribution in [3.63, 3.8) is 0 Å². The number of rotatable bonds is 5. The number of nitrogens with one attached hydrogen (secondary N) is 1. The molecule has 160 valence electrons. The van der Waals surface area contributed by atoms with Crippen molar-refractivity contribution in [2.24, 2.45) is 5.92 Å². The molecule has 1 aliphatic heterocycles. The number of para-hydroxylation sites is 1. The zero-order chi connectivity index (χ0) is 21.7. The van der Waals surface area contributed by atoms with Crippen molar-refractivity contribution in [1.82, 2.24) is 4.31 Å². The Hall–Kier alpha value is -2.91. The largest absolute Gasteiger partial charge is 0.453 e. The van der Waals surface area contributed by atoms with Gasteiger partial charge in [-0.2, -0.15) is 4.31 Å². The highest BCUT2D eigenvalue weighted by molar-refractivity contribution is 7.89. The molecular weight excluding hydrogens is 406 g/mol. The van der Waals surface area contributed by atoms with Crippen LogP contribution in [0.1, 0.15) is 12.8 Å². The fraction of sp³-hybridized carbons (Fsp3) is 0.333. The Kier molecular flexibility index (Phi) is 6.73. The van der Waals surface area contributed by atoms with Gasteiger partial charge in [0.05, 0.1) is 17.9 Å². The van der Waals surface area contributed by atoms with E-state index in [0.717, 1.165) is 5.69 Å². The Balaban J connectivity index is 1.72. The van der Waals surface area contributed by atoms with E-state index in [-0.39, 0.29) is 17.3 Å². The zero-order valence-corrected chi connectivity index (χ0v) is 17.8. The number of hydrogen-bond acceptors (Lipinski definition) is 5. The minimum Gasteiger partial charge on any atom is -0.453 e. The molecule has 1 heterocycles. The second-order valence-corrected chi connectivity index (χ2v) is 9.01. The molecule has 2 aromatic rings. The number of sulfonamides is 1. The summed E-state index contributed by atoms with van der Waals surface area (Å²) in [5, 5.41) is 2.48. The van der Waals surface area contributed by atoms with Gasteiger partial charge in [0.1, 0.15) is 0 Å². The zero-order valence-electron chi connectivity index (χ0n) is 16.9. The molecule has 0 unspecified atom stereocenters. The Morgan fingerprint density at radius 3 is 2.40 bits per heavy atom. The summed E-state index contributed by atoms with van der Waals surface area (Å²) in [5.74, 6) is -0.502. The van der Waals surface area contributed by atoms with Gasteiger partial charge in [-0.05, 0) is 49.2 Å². The van der Waals surface area contributed by atoms with Crippen molar-refractivity contribution >= 4 is 33.4 Å². The number of carbonyl (C=O) groups is 2. The molecular formula is C21H25N3O5S. The first-order valence-corrected chi connectivity index (χ1v) is 11.0. The number of ether oxygens (including phenoxy) is 1. The van der Waals surface area contributed by atoms with E-state index in [1.807, 2.05) is 30.3 Å². The predicted molar refractivity (Wildman–Crippen MR) is 114 cm³/mol. The molecule has 0 saturated carbocycles. The van der Waals surface area contributed by atoms with E-state index in [0.29, 0.717) is 25.1 Å². The summed E-state index contributed by atoms with van der Waals surface area (Å²) in [6.07, 6.45) is 0.620. The number of anilines is 2. The van der Waals surface area contributed by atoms with E-state index in [1.165, 1.54) is 35.7 Å². The van der Waals surface area contributed by atoms with E-state index < -0.39 is 22.0 Å². The van der Waals surface area contributed by atoms with Crippen LogP contribution in [0.2, 0.25) is 0 Å². The summed E-state index contributed by atoms with van der Waals surface area (Å²) in [7, 11) is -0.797. The summed E-state index contributed by atoms with van der Waals surface area (Å²) in [4.78, 5) is 25.9. The second kappa shape index (κ2) is 9.27. The number of methoxy groups -OCH3 is 1. The molecule has 1 saturated heterocycles. The summed E-state index contributed by atoms with van der Waals surface area (Å²) in [5.41, 5.74) is 1.20. The van der Waals surface area contributed by atoms with Gasteiger partial charge in [0, 0.05) is 31.5 Å². The van der Waals surface area contributed by atoms with Crippen molar-refractivity contribution < 1.29 is 22.7 Å². The maximum Gasteiger partial charge on any atom is 0.411 e. The monoisotopic (exact) mass is 431 g/mol. The highest BCUT2D eigenvalue weighted by Gasteiger charge is 2.34. The molecule has 2 aromatic carbocycles. The minimum atomic E-state index is -3.75. The van der Waals surface area contributed by atoms with Crippen molar-refractivity contribution in [2.75, 3.05) is 37.5 Å². The van der Waals surface area contributed by atoms with Gasteiger partial charge in [-0.25, -0.2) is 13.2 Å². The first-order chi connectivity index (χ1) is 14.3. The van der Waals surface area contributed by atoms with Crippen molar-refractivity contribution in [3.8, 4) is 0 Å². The standard InChI is InChI=1S/C21H25N3O5S/c1-23(18-8-4-3-5-9-18)20(25)16-7-6-14-24(15-16)30(27,28)19-12-10-17(11-13-19)22-21(26)29-2/h3-5,8-13,16H,6-7,14-15H2,1-2H3,(H,22,26)/t16-/m1/s1. The average molecular weight is 432 g/mol. The van der Waals surface area contributed by atoms with Crippen LogP contribution in [-0.4, -0.2) is 52.0 Å². The average Bonchev–Trinajstić information content (AvgIpc) is 2.79. The van der Waals surface area contributed by atoms with E-state index in [1.54, 1.807) is 11.9 Å². The van der Waals surface area contributed by atoms with Crippen molar-refractivity contribution in [1.29, 1.82) is 0 Å². The molecule has 0 radical (unpaired) electrons. The molecule has 1 fully saturated rings. The third-order valence-electron chi connectivity index (χ3n) is 5.13. The highest BCUT2D eigenvalue weighted by Crippen LogP contribution is 2.27. The van der Waals surface area contributed by atoms with Gasteiger partial charge in [-0.3, -0.25) is 10.1 Å². The lowest BCUT2D eigenvalue weighted by Crippen LogP contribution is -2.45. The van der Waals surface area contributed by atoms with Crippen LogP contribution in [0.5, 0.6) is 0 Å². The summed E-state index contributed by atoms with van der Waals surface area (Å²) >= 11 is 0. The van der Waals surface area contributed by atoms with Crippen LogP contribution >= 0.6 is 0 Å². The van der Waals surface area contributed by atoms with Crippen LogP contribution < -0.4 is 10.2 Å². The Bertz CT molecular complexity index is 993. The molecule has 3 rings (SSSR count). The van der Waals surface area contributed by atoms with Gasteiger partial charge in [-0.1, -0.05) is 18.2 Å². The van der Waals surface area contributed by atoms with Gasteiger partial charge >= 0.3 is 6.09 Å². The predicted octanol–water partition coefficient (Wildman–Crippen LogP) is 2.93.